The highest BCUT2D eigenvalue weighted by molar-refractivity contribution is 5.94. The molecular weight excluding hydrogens is 246 g/mol. The molecular formula is C13H13N3O3. The molecule has 1 aromatic heterocycles. The maximum atomic E-state index is 11.8. The average molecular weight is 259 g/mol. The number of aromatic hydroxyl groups is 2. The molecule has 0 spiro atoms. The van der Waals surface area contributed by atoms with Gasteiger partial charge in [0.15, 0.2) is 11.5 Å². The highest BCUT2D eigenvalue weighted by Gasteiger charge is 2.08. The van der Waals surface area contributed by atoms with Crippen LogP contribution in [0.4, 0.5) is 0 Å². The van der Waals surface area contributed by atoms with E-state index in [0.29, 0.717) is 5.69 Å². The number of phenols is 2. The van der Waals surface area contributed by atoms with Crippen molar-refractivity contribution in [2.75, 3.05) is 0 Å². The molecule has 0 aliphatic heterocycles. The first-order valence-electron chi connectivity index (χ1n) is 5.64. The van der Waals surface area contributed by atoms with Gasteiger partial charge in [-0.3, -0.25) is 14.8 Å². The number of carbonyl (C=O) groups is 1. The van der Waals surface area contributed by atoms with E-state index in [0.717, 1.165) is 5.69 Å². The molecule has 1 amide bonds. The monoisotopic (exact) mass is 259 g/mol. The molecule has 0 bridgehead atoms. The third-order valence-electron chi connectivity index (χ3n) is 2.50. The van der Waals surface area contributed by atoms with E-state index < -0.39 is 0 Å². The summed E-state index contributed by atoms with van der Waals surface area (Å²) in [6.07, 6.45) is 3.21. The second kappa shape index (κ2) is 5.34. The Balaban J connectivity index is 2.01. The average Bonchev–Trinajstić information content (AvgIpc) is 2.41. The van der Waals surface area contributed by atoms with Crippen LogP contribution in [0, 0.1) is 6.92 Å². The van der Waals surface area contributed by atoms with Crippen molar-refractivity contribution >= 4 is 5.91 Å². The van der Waals surface area contributed by atoms with Crippen LogP contribution in [0.5, 0.6) is 11.5 Å². The number of hydrogen-bond donors (Lipinski definition) is 3. The molecule has 0 radical (unpaired) electrons. The summed E-state index contributed by atoms with van der Waals surface area (Å²) in [6.45, 7) is 2.07. The van der Waals surface area contributed by atoms with E-state index in [1.165, 1.54) is 18.2 Å². The molecule has 0 atom stereocenters. The minimum absolute atomic E-state index is 0.244. The second-order valence-corrected chi connectivity index (χ2v) is 4.04. The van der Waals surface area contributed by atoms with Crippen molar-refractivity contribution in [3.8, 4) is 11.5 Å². The first-order chi connectivity index (χ1) is 9.06. The summed E-state index contributed by atoms with van der Waals surface area (Å²) in [7, 11) is 0. The van der Waals surface area contributed by atoms with Crippen LogP contribution in [0.1, 0.15) is 21.7 Å². The van der Waals surface area contributed by atoms with Gasteiger partial charge in [-0.15, -0.1) is 0 Å². The maximum absolute atomic E-state index is 11.8. The standard InChI is InChI=1S/C13H13N3O3/c1-8-5-15-10(6-14-8)7-16-13(19)9-2-3-11(17)12(18)4-9/h2-6,17-18H,7H2,1H3,(H,16,19). The SMILES string of the molecule is Cc1cnc(CNC(=O)c2ccc(O)c(O)c2)cn1. The molecule has 6 heteroatoms. The lowest BCUT2D eigenvalue weighted by atomic mass is 10.2. The Morgan fingerprint density at radius 3 is 2.63 bits per heavy atom. The number of rotatable bonds is 3. The lowest BCUT2D eigenvalue weighted by Crippen LogP contribution is -2.23. The first kappa shape index (κ1) is 12.8. The number of phenolic OH excluding ortho intramolecular Hbond substituents is 2. The van der Waals surface area contributed by atoms with Crippen LogP contribution in [-0.2, 0) is 6.54 Å². The summed E-state index contributed by atoms with van der Waals surface area (Å²) < 4.78 is 0. The van der Waals surface area contributed by atoms with E-state index >= 15 is 0 Å². The second-order valence-electron chi connectivity index (χ2n) is 4.04. The van der Waals surface area contributed by atoms with Gasteiger partial charge in [0.25, 0.3) is 5.91 Å². The van der Waals surface area contributed by atoms with Crippen LogP contribution in [0.2, 0.25) is 0 Å². The number of carbonyl (C=O) groups excluding carboxylic acids is 1. The first-order valence-corrected chi connectivity index (χ1v) is 5.64. The van der Waals surface area contributed by atoms with Crippen LogP contribution in [0.25, 0.3) is 0 Å². The molecule has 0 fully saturated rings. The molecule has 0 saturated heterocycles. The summed E-state index contributed by atoms with van der Waals surface area (Å²) in [4.78, 5) is 20.0. The summed E-state index contributed by atoms with van der Waals surface area (Å²) in [5.74, 6) is -0.957. The Bertz CT molecular complexity index is 597. The van der Waals surface area contributed by atoms with Gasteiger partial charge in [0.05, 0.1) is 24.1 Å². The normalized spacial score (nSPS) is 10.2. The molecule has 0 aliphatic rings. The van der Waals surface area contributed by atoms with E-state index in [1.54, 1.807) is 12.4 Å². The van der Waals surface area contributed by atoms with Crippen LogP contribution >= 0.6 is 0 Å². The molecule has 1 aromatic carbocycles. The molecule has 19 heavy (non-hydrogen) atoms. The minimum Gasteiger partial charge on any atom is -0.504 e. The highest BCUT2D eigenvalue weighted by Crippen LogP contribution is 2.24. The van der Waals surface area contributed by atoms with Gasteiger partial charge < -0.3 is 15.5 Å². The smallest absolute Gasteiger partial charge is 0.251 e. The van der Waals surface area contributed by atoms with E-state index in [4.69, 9.17) is 5.11 Å². The van der Waals surface area contributed by atoms with Gasteiger partial charge in [0.2, 0.25) is 0 Å². The molecule has 0 saturated carbocycles. The van der Waals surface area contributed by atoms with Gasteiger partial charge in [-0.25, -0.2) is 0 Å². The Labute approximate surface area is 109 Å². The van der Waals surface area contributed by atoms with Crippen LogP contribution in [0.15, 0.2) is 30.6 Å². The number of aromatic nitrogens is 2. The Kier molecular flexibility index (Phi) is 3.61. The van der Waals surface area contributed by atoms with E-state index in [9.17, 15) is 9.90 Å². The number of aryl methyl sites for hydroxylation is 1. The van der Waals surface area contributed by atoms with E-state index in [1.807, 2.05) is 6.92 Å². The van der Waals surface area contributed by atoms with Gasteiger partial charge in [-0.2, -0.15) is 0 Å². The number of nitrogens with one attached hydrogen (secondary N) is 1. The van der Waals surface area contributed by atoms with Crippen molar-refractivity contribution < 1.29 is 15.0 Å². The largest absolute Gasteiger partial charge is 0.504 e. The zero-order valence-corrected chi connectivity index (χ0v) is 10.3. The number of hydrogen-bond acceptors (Lipinski definition) is 5. The van der Waals surface area contributed by atoms with Crippen LogP contribution < -0.4 is 5.32 Å². The lowest BCUT2D eigenvalue weighted by Gasteiger charge is -2.06. The maximum Gasteiger partial charge on any atom is 0.251 e. The molecule has 2 aromatic rings. The third kappa shape index (κ3) is 3.19. The molecule has 0 aliphatic carbocycles. The zero-order chi connectivity index (χ0) is 13.8. The molecule has 98 valence electrons. The summed E-state index contributed by atoms with van der Waals surface area (Å²) in [6, 6.07) is 3.88. The van der Waals surface area contributed by atoms with Gasteiger partial charge in [0.1, 0.15) is 0 Å². The van der Waals surface area contributed by atoms with Crippen molar-refractivity contribution in [1.82, 2.24) is 15.3 Å². The zero-order valence-electron chi connectivity index (χ0n) is 10.3. The van der Waals surface area contributed by atoms with Crippen molar-refractivity contribution in [3.63, 3.8) is 0 Å². The summed E-state index contributed by atoms with van der Waals surface area (Å²) >= 11 is 0. The van der Waals surface area contributed by atoms with Gasteiger partial charge in [-0.1, -0.05) is 0 Å². The Morgan fingerprint density at radius 2 is 2.00 bits per heavy atom. The summed E-state index contributed by atoms with van der Waals surface area (Å²) in [5.41, 5.74) is 1.70. The van der Waals surface area contributed by atoms with E-state index in [2.05, 4.69) is 15.3 Å². The third-order valence-corrected chi connectivity index (χ3v) is 2.50. The van der Waals surface area contributed by atoms with E-state index in [-0.39, 0.29) is 29.5 Å². The molecule has 0 unspecified atom stereocenters. The minimum atomic E-state index is -0.363. The number of benzene rings is 1. The van der Waals surface area contributed by atoms with Crippen molar-refractivity contribution in [1.29, 1.82) is 0 Å². The molecule has 2 rings (SSSR count). The van der Waals surface area contributed by atoms with Crippen molar-refractivity contribution in [2.24, 2.45) is 0 Å². The predicted molar refractivity (Wildman–Crippen MR) is 67.7 cm³/mol. The fraction of sp³-hybridized carbons (Fsp3) is 0.154. The van der Waals surface area contributed by atoms with Crippen molar-refractivity contribution in [2.45, 2.75) is 13.5 Å². The van der Waals surface area contributed by atoms with Crippen molar-refractivity contribution in [3.05, 3.63) is 47.5 Å². The highest BCUT2D eigenvalue weighted by atomic mass is 16.3. The predicted octanol–water partition coefficient (Wildman–Crippen LogP) is 1.13. The molecule has 3 N–H and O–H groups in total. The van der Waals surface area contributed by atoms with Gasteiger partial charge >= 0.3 is 0 Å². The topological polar surface area (TPSA) is 95.3 Å². The van der Waals surface area contributed by atoms with Crippen LogP contribution in [-0.4, -0.2) is 26.1 Å². The molecule has 6 nitrogen and oxygen atoms in total. The van der Waals surface area contributed by atoms with Crippen LogP contribution in [0.3, 0.4) is 0 Å². The fourth-order valence-corrected chi connectivity index (χ4v) is 1.45. The number of nitrogens with zero attached hydrogens (tertiary/aromatic N) is 2. The molecule has 1 heterocycles. The Morgan fingerprint density at radius 1 is 1.21 bits per heavy atom. The van der Waals surface area contributed by atoms with Gasteiger partial charge in [0, 0.05) is 11.8 Å². The quantitative estimate of drug-likeness (QED) is 0.718. The fourth-order valence-electron chi connectivity index (χ4n) is 1.45. The Hall–Kier alpha value is -2.63. The summed E-state index contributed by atoms with van der Waals surface area (Å²) in [5, 5.41) is 21.1. The van der Waals surface area contributed by atoms with Gasteiger partial charge in [-0.05, 0) is 25.1 Å². The number of amides is 1. The lowest BCUT2D eigenvalue weighted by molar-refractivity contribution is 0.0950.